The molecule has 1 unspecified atom stereocenters. The van der Waals surface area contributed by atoms with E-state index in [1.807, 2.05) is 36.4 Å². The summed E-state index contributed by atoms with van der Waals surface area (Å²) >= 11 is 7.03. The summed E-state index contributed by atoms with van der Waals surface area (Å²) in [5.74, 6) is -0.0785. The zero-order chi connectivity index (χ0) is 15.4. The average molecular weight is 412 g/mol. The van der Waals surface area contributed by atoms with Crippen LogP contribution in [-0.4, -0.2) is 13.0 Å². The molecule has 0 bridgehead atoms. The molecule has 0 heterocycles. The van der Waals surface area contributed by atoms with Crippen molar-refractivity contribution in [3.05, 3.63) is 62.5 Å². The molecule has 0 saturated heterocycles. The summed E-state index contributed by atoms with van der Waals surface area (Å²) in [5.41, 5.74) is 2.80. The quantitative estimate of drug-likeness (QED) is 0.762. The van der Waals surface area contributed by atoms with Crippen LogP contribution in [0.3, 0.4) is 0 Å². The van der Waals surface area contributed by atoms with Crippen molar-refractivity contribution in [1.82, 2.24) is 5.32 Å². The molecule has 0 spiro atoms. The van der Waals surface area contributed by atoms with Gasteiger partial charge in [0.2, 0.25) is 0 Å². The van der Waals surface area contributed by atoms with Crippen LogP contribution in [0.15, 0.2) is 51.4 Å². The highest BCUT2D eigenvalue weighted by Gasteiger charge is 2.10. The third-order valence-corrected chi connectivity index (χ3v) is 4.37. The summed E-state index contributed by atoms with van der Waals surface area (Å²) in [6, 6.07) is 13.7. The highest BCUT2D eigenvalue weighted by atomic mass is 79.9. The van der Waals surface area contributed by atoms with Gasteiger partial charge in [-0.15, -0.1) is 0 Å². The highest BCUT2D eigenvalue weighted by molar-refractivity contribution is 9.11. The van der Waals surface area contributed by atoms with Gasteiger partial charge < -0.3 is 10.6 Å². The van der Waals surface area contributed by atoms with Crippen LogP contribution in [-0.2, 0) is 0 Å². The minimum atomic E-state index is -0.0785. The molecule has 5 heteroatoms. The van der Waals surface area contributed by atoms with E-state index in [-0.39, 0.29) is 11.9 Å². The van der Waals surface area contributed by atoms with Crippen LogP contribution in [0.5, 0.6) is 0 Å². The number of amides is 1. The van der Waals surface area contributed by atoms with Crippen LogP contribution >= 0.6 is 31.9 Å². The van der Waals surface area contributed by atoms with Gasteiger partial charge in [-0.05, 0) is 48.9 Å². The number of halogens is 2. The Labute approximate surface area is 141 Å². The van der Waals surface area contributed by atoms with Gasteiger partial charge in [0, 0.05) is 33.3 Å². The van der Waals surface area contributed by atoms with Gasteiger partial charge >= 0.3 is 0 Å². The standard InChI is InChI=1S/C16H16Br2N2O/c1-10(14-8-5-12(17)9-15(14)18)20-13-6-3-11(4-7-13)16(21)19-2/h3-10,20H,1-2H3,(H,19,21). The lowest BCUT2D eigenvalue weighted by atomic mass is 10.1. The molecule has 21 heavy (non-hydrogen) atoms. The molecule has 2 aromatic carbocycles. The molecule has 2 N–H and O–H groups in total. The Bertz CT molecular complexity index is 641. The fourth-order valence-corrected chi connectivity index (χ4v) is 3.43. The maximum Gasteiger partial charge on any atom is 0.251 e. The maximum atomic E-state index is 11.5. The Morgan fingerprint density at radius 2 is 1.76 bits per heavy atom. The molecule has 0 aliphatic heterocycles. The first kappa shape index (κ1) is 16.0. The largest absolute Gasteiger partial charge is 0.378 e. The van der Waals surface area contributed by atoms with Gasteiger partial charge in [0.25, 0.3) is 5.91 Å². The predicted molar refractivity (Wildman–Crippen MR) is 93.7 cm³/mol. The van der Waals surface area contributed by atoms with E-state index in [0.717, 1.165) is 14.6 Å². The Kier molecular flexibility index (Phi) is 5.42. The second kappa shape index (κ2) is 7.09. The highest BCUT2D eigenvalue weighted by Crippen LogP contribution is 2.29. The first-order chi connectivity index (χ1) is 10.0. The lowest BCUT2D eigenvalue weighted by Crippen LogP contribution is -2.17. The van der Waals surface area contributed by atoms with Crippen LogP contribution in [0.2, 0.25) is 0 Å². The van der Waals surface area contributed by atoms with Crippen molar-refractivity contribution in [1.29, 1.82) is 0 Å². The number of hydrogen-bond donors (Lipinski definition) is 2. The Balaban J connectivity index is 2.12. The topological polar surface area (TPSA) is 41.1 Å². The predicted octanol–water partition coefficient (Wildman–Crippen LogP) is 4.74. The third-order valence-electron chi connectivity index (χ3n) is 3.19. The summed E-state index contributed by atoms with van der Waals surface area (Å²) in [4.78, 5) is 11.5. The number of rotatable bonds is 4. The summed E-state index contributed by atoms with van der Waals surface area (Å²) < 4.78 is 2.10. The van der Waals surface area contributed by atoms with E-state index in [2.05, 4.69) is 55.5 Å². The van der Waals surface area contributed by atoms with Gasteiger partial charge in [-0.1, -0.05) is 37.9 Å². The number of hydrogen-bond acceptors (Lipinski definition) is 2. The Morgan fingerprint density at radius 1 is 1.10 bits per heavy atom. The van der Waals surface area contributed by atoms with Crippen LogP contribution in [0, 0.1) is 0 Å². The lowest BCUT2D eigenvalue weighted by Gasteiger charge is -2.17. The number of carbonyl (C=O) groups excluding carboxylic acids is 1. The number of anilines is 1. The van der Waals surface area contributed by atoms with Crippen molar-refractivity contribution in [3.8, 4) is 0 Å². The van der Waals surface area contributed by atoms with E-state index in [1.165, 1.54) is 5.56 Å². The Hall–Kier alpha value is -1.33. The van der Waals surface area contributed by atoms with Crippen LogP contribution in [0.25, 0.3) is 0 Å². The molecule has 2 aromatic rings. The van der Waals surface area contributed by atoms with Crippen LogP contribution < -0.4 is 10.6 Å². The van der Waals surface area contributed by atoms with Crippen molar-refractivity contribution in [2.75, 3.05) is 12.4 Å². The summed E-state index contributed by atoms with van der Waals surface area (Å²) in [5, 5.41) is 6.04. The van der Waals surface area contributed by atoms with Gasteiger partial charge in [-0.3, -0.25) is 4.79 Å². The number of carbonyl (C=O) groups is 1. The second-order valence-corrected chi connectivity index (χ2v) is 6.46. The molecular formula is C16H16Br2N2O. The first-order valence-corrected chi connectivity index (χ1v) is 8.13. The second-order valence-electron chi connectivity index (χ2n) is 4.69. The monoisotopic (exact) mass is 410 g/mol. The molecule has 3 nitrogen and oxygen atoms in total. The third kappa shape index (κ3) is 4.08. The van der Waals surface area contributed by atoms with E-state index in [9.17, 15) is 4.79 Å². The summed E-state index contributed by atoms with van der Waals surface area (Å²) in [7, 11) is 1.63. The zero-order valence-corrected chi connectivity index (χ0v) is 15.0. The number of benzene rings is 2. The van der Waals surface area contributed by atoms with E-state index in [0.29, 0.717) is 5.56 Å². The van der Waals surface area contributed by atoms with Crippen molar-refractivity contribution >= 4 is 43.5 Å². The molecule has 110 valence electrons. The molecule has 0 aromatic heterocycles. The van der Waals surface area contributed by atoms with Crippen LogP contribution in [0.1, 0.15) is 28.9 Å². The van der Waals surface area contributed by atoms with Crippen molar-refractivity contribution in [2.24, 2.45) is 0 Å². The van der Waals surface area contributed by atoms with Crippen molar-refractivity contribution in [2.45, 2.75) is 13.0 Å². The van der Waals surface area contributed by atoms with E-state index in [4.69, 9.17) is 0 Å². The molecular weight excluding hydrogens is 396 g/mol. The SMILES string of the molecule is CNC(=O)c1ccc(NC(C)c2ccc(Br)cc2Br)cc1. The smallest absolute Gasteiger partial charge is 0.251 e. The molecule has 0 aliphatic carbocycles. The molecule has 0 aliphatic rings. The van der Waals surface area contributed by atoms with Gasteiger partial charge in [0.1, 0.15) is 0 Å². The number of nitrogens with one attached hydrogen (secondary N) is 2. The Morgan fingerprint density at radius 3 is 2.33 bits per heavy atom. The normalized spacial score (nSPS) is 11.8. The molecule has 0 radical (unpaired) electrons. The molecule has 0 fully saturated rings. The van der Waals surface area contributed by atoms with E-state index >= 15 is 0 Å². The van der Waals surface area contributed by atoms with Crippen LogP contribution in [0.4, 0.5) is 5.69 Å². The van der Waals surface area contributed by atoms with Gasteiger partial charge in [0.15, 0.2) is 0 Å². The molecule has 1 amide bonds. The average Bonchev–Trinajstić information content (AvgIpc) is 2.47. The minimum absolute atomic E-state index is 0.0785. The molecule has 1 atom stereocenters. The fourth-order valence-electron chi connectivity index (χ4n) is 2.04. The summed E-state index contributed by atoms with van der Waals surface area (Å²) in [6.45, 7) is 2.10. The minimum Gasteiger partial charge on any atom is -0.378 e. The van der Waals surface area contributed by atoms with Gasteiger partial charge in [-0.25, -0.2) is 0 Å². The van der Waals surface area contributed by atoms with E-state index < -0.39 is 0 Å². The van der Waals surface area contributed by atoms with Gasteiger partial charge in [0.05, 0.1) is 0 Å². The zero-order valence-electron chi connectivity index (χ0n) is 11.8. The molecule has 2 rings (SSSR count). The van der Waals surface area contributed by atoms with Crippen molar-refractivity contribution in [3.63, 3.8) is 0 Å². The molecule has 0 saturated carbocycles. The summed E-state index contributed by atoms with van der Waals surface area (Å²) in [6.07, 6.45) is 0. The van der Waals surface area contributed by atoms with Crippen molar-refractivity contribution < 1.29 is 4.79 Å². The fraction of sp³-hybridized carbons (Fsp3) is 0.188. The lowest BCUT2D eigenvalue weighted by molar-refractivity contribution is 0.0963. The van der Waals surface area contributed by atoms with Gasteiger partial charge in [-0.2, -0.15) is 0 Å². The van der Waals surface area contributed by atoms with E-state index in [1.54, 1.807) is 7.05 Å². The first-order valence-electron chi connectivity index (χ1n) is 6.55. The maximum absolute atomic E-state index is 11.5.